The molecule has 6 nitrogen and oxygen atoms in total. The third-order valence-corrected chi connectivity index (χ3v) is 5.43. The number of carbonyl (C=O) groups excluding carboxylic acids is 1. The SMILES string of the molecule is CON(C)S(=O)(=O)c1ccc(C(=O)Nc2ccc(Cl)cc2Cl)cc1. The summed E-state index contributed by atoms with van der Waals surface area (Å²) < 4.78 is 24.9. The van der Waals surface area contributed by atoms with Crippen LogP contribution in [0.1, 0.15) is 10.4 Å². The van der Waals surface area contributed by atoms with Crippen LogP contribution in [0.3, 0.4) is 0 Å². The van der Waals surface area contributed by atoms with Crippen LogP contribution in [0.25, 0.3) is 0 Å². The zero-order valence-electron chi connectivity index (χ0n) is 12.8. The lowest BCUT2D eigenvalue weighted by Gasteiger charge is -2.14. The fraction of sp³-hybridized carbons (Fsp3) is 0.133. The quantitative estimate of drug-likeness (QED) is 0.796. The number of hydrogen-bond acceptors (Lipinski definition) is 4. The molecule has 2 aromatic rings. The molecule has 0 radical (unpaired) electrons. The number of rotatable bonds is 5. The van der Waals surface area contributed by atoms with Crippen molar-refractivity contribution in [2.24, 2.45) is 0 Å². The highest BCUT2D eigenvalue weighted by Gasteiger charge is 2.21. The molecule has 2 rings (SSSR count). The first-order chi connectivity index (χ1) is 11.3. The van der Waals surface area contributed by atoms with Gasteiger partial charge in [0.2, 0.25) is 0 Å². The molecule has 2 aromatic carbocycles. The zero-order valence-corrected chi connectivity index (χ0v) is 15.1. The van der Waals surface area contributed by atoms with Gasteiger partial charge in [-0.25, -0.2) is 8.42 Å². The van der Waals surface area contributed by atoms with Gasteiger partial charge in [-0.15, -0.1) is 0 Å². The molecular weight excluding hydrogens is 375 g/mol. The summed E-state index contributed by atoms with van der Waals surface area (Å²) in [6.07, 6.45) is 0. The molecule has 0 atom stereocenters. The first kappa shape index (κ1) is 18.7. The molecule has 9 heteroatoms. The fourth-order valence-corrected chi connectivity index (χ4v) is 3.24. The van der Waals surface area contributed by atoms with E-state index in [0.29, 0.717) is 15.7 Å². The summed E-state index contributed by atoms with van der Waals surface area (Å²) in [5.74, 6) is -0.428. The van der Waals surface area contributed by atoms with Crippen molar-refractivity contribution in [1.82, 2.24) is 4.47 Å². The van der Waals surface area contributed by atoms with Crippen LogP contribution in [-0.4, -0.2) is 33.0 Å². The number of benzene rings is 2. The third kappa shape index (κ3) is 4.06. The van der Waals surface area contributed by atoms with Gasteiger partial charge in [-0.1, -0.05) is 27.7 Å². The van der Waals surface area contributed by atoms with Crippen LogP contribution in [0, 0.1) is 0 Å². The normalized spacial score (nSPS) is 11.5. The number of carbonyl (C=O) groups is 1. The first-order valence-corrected chi connectivity index (χ1v) is 8.85. The Balaban J connectivity index is 2.20. The van der Waals surface area contributed by atoms with E-state index in [2.05, 4.69) is 10.2 Å². The Kier molecular flexibility index (Phi) is 5.84. The Labute approximate surface area is 149 Å². The lowest BCUT2D eigenvalue weighted by Crippen LogP contribution is -2.25. The minimum Gasteiger partial charge on any atom is -0.321 e. The summed E-state index contributed by atoms with van der Waals surface area (Å²) in [5, 5.41) is 3.39. The molecule has 0 aliphatic heterocycles. The van der Waals surface area contributed by atoms with Gasteiger partial charge in [0.1, 0.15) is 0 Å². The molecule has 0 saturated heterocycles. The molecule has 128 valence electrons. The Morgan fingerprint density at radius 2 is 1.75 bits per heavy atom. The van der Waals surface area contributed by atoms with Crippen LogP contribution in [0.2, 0.25) is 10.0 Å². The topological polar surface area (TPSA) is 75.7 Å². The Bertz CT molecular complexity index is 854. The fourth-order valence-electron chi connectivity index (χ4n) is 1.81. The van der Waals surface area contributed by atoms with Gasteiger partial charge in [0.15, 0.2) is 0 Å². The first-order valence-electron chi connectivity index (χ1n) is 6.65. The van der Waals surface area contributed by atoms with Gasteiger partial charge in [-0.05, 0) is 42.5 Å². The number of halogens is 2. The molecule has 0 saturated carbocycles. The van der Waals surface area contributed by atoms with Crippen molar-refractivity contribution < 1.29 is 18.0 Å². The average molecular weight is 389 g/mol. The average Bonchev–Trinajstić information content (AvgIpc) is 2.56. The smallest absolute Gasteiger partial charge is 0.264 e. The number of nitrogens with one attached hydrogen (secondary N) is 1. The maximum atomic E-state index is 12.2. The summed E-state index contributed by atoms with van der Waals surface area (Å²) in [6.45, 7) is 0. The van der Waals surface area contributed by atoms with Crippen molar-refractivity contribution in [3.05, 3.63) is 58.1 Å². The number of hydroxylamine groups is 1. The van der Waals surface area contributed by atoms with Gasteiger partial charge < -0.3 is 5.32 Å². The molecule has 0 aliphatic carbocycles. The van der Waals surface area contributed by atoms with E-state index in [1.165, 1.54) is 44.5 Å². The van der Waals surface area contributed by atoms with Gasteiger partial charge in [-0.3, -0.25) is 9.63 Å². The number of sulfonamides is 1. The Morgan fingerprint density at radius 1 is 1.12 bits per heavy atom. The van der Waals surface area contributed by atoms with E-state index in [1.807, 2.05) is 0 Å². The van der Waals surface area contributed by atoms with Crippen LogP contribution in [0.4, 0.5) is 5.69 Å². The highest BCUT2D eigenvalue weighted by molar-refractivity contribution is 7.89. The number of hydrogen-bond donors (Lipinski definition) is 1. The van der Waals surface area contributed by atoms with Gasteiger partial charge in [0.25, 0.3) is 15.9 Å². The lowest BCUT2D eigenvalue weighted by atomic mass is 10.2. The second-order valence-corrected chi connectivity index (χ2v) is 7.48. The monoisotopic (exact) mass is 388 g/mol. The second kappa shape index (κ2) is 7.50. The largest absolute Gasteiger partial charge is 0.321 e. The van der Waals surface area contributed by atoms with E-state index < -0.39 is 15.9 Å². The molecule has 0 aliphatic rings. The molecule has 24 heavy (non-hydrogen) atoms. The van der Waals surface area contributed by atoms with Crippen molar-refractivity contribution in [2.75, 3.05) is 19.5 Å². The molecule has 0 bridgehead atoms. The predicted molar refractivity (Wildman–Crippen MR) is 92.8 cm³/mol. The van der Waals surface area contributed by atoms with Crippen LogP contribution >= 0.6 is 23.2 Å². The molecular formula is C15H14Cl2N2O4S. The van der Waals surface area contributed by atoms with E-state index in [4.69, 9.17) is 23.2 Å². The standard InChI is InChI=1S/C15H14Cl2N2O4S/c1-19(23-2)24(21,22)12-6-3-10(4-7-12)15(20)18-14-8-5-11(16)9-13(14)17/h3-9H,1-2H3,(H,18,20). The van der Waals surface area contributed by atoms with E-state index in [1.54, 1.807) is 12.1 Å². The van der Waals surface area contributed by atoms with E-state index >= 15 is 0 Å². The predicted octanol–water partition coefficient (Wildman–Crippen LogP) is 3.43. The minimum atomic E-state index is -3.76. The van der Waals surface area contributed by atoms with Crippen molar-refractivity contribution in [3.63, 3.8) is 0 Å². The Hall–Kier alpha value is -1.64. The lowest BCUT2D eigenvalue weighted by molar-refractivity contribution is -0.0258. The van der Waals surface area contributed by atoms with Crippen molar-refractivity contribution in [1.29, 1.82) is 0 Å². The minimum absolute atomic E-state index is 0.00734. The van der Waals surface area contributed by atoms with Crippen LogP contribution in [-0.2, 0) is 14.9 Å². The maximum Gasteiger partial charge on any atom is 0.264 e. The van der Waals surface area contributed by atoms with E-state index in [0.717, 1.165) is 4.47 Å². The zero-order chi connectivity index (χ0) is 17.9. The highest BCUT2D eigenvalue weighted by atomic mass is 35.5. The maximum absolute atomic E-state index is 12.2. The van der Waals surface area contributed by atoms with Crippen LogP contribution in [0.5, 0.6) is 0 Å². The molecule has 0 fully saturated rings. The van der Waals surface area contributed by atoms with Gasteiger partial charge in [0, 0.05) is 17.6 Å². The summed E-state index contributed by atoms with van der Waals surface area (Å²) >= 11 is 11.8. The van der Waals surface area contributed by atoms with Crippen molar-refractivity contribution >= 4 is 44.8 Å². The Morgan fingerprint density at radius 3 is 2.29 bits per heavy atom. The number of nitrogens with zero attached hydrogens (tertiary/aromatic N) is 1. The van der Waals surface area contributed by atoms with Crippen LogP contribution in [0.15, 0.2) is 47.4 Å². The van der Waals surface area contributed by atoms with E-state index in [9.17, 15) is 13.2 Å². The van der Waals surface area contributed by atoms with Gasteiger partial charge in [0.05, 0.1) is 22.7 Å². The summed E-state index contributed by atoms with van der Waals surface area (Å²) in [5.41, 5.74) is 0.682. The molecule has 0 aromatic heterocycles. The van der Waals surface area contributed by atoms with Gasteiger partial charge in [-0.2, -0.15) is 0 Å². The molecule has 0 spiro atoms. The highest BCUT2D eigenvalue weighted by Crippen LogP contribution is 2.26. The molecule has 1 amide bonds. The third-order valence-electron chi connectivity index (χ3n) is 3.19. The number of amides is 1. The van der Waals surface area contributed by atoms with Gasteiger partial charge >= 0.3 is 0 Å². The van der Waals surface area contributed by atoms with Crippen LogP contribution < -0.4 is 5.32 Å². The summed E-state index contributed by atoms with van der Waals surface area (Å²) in [7, 11) is -1.24. The summed E-state index contributed by atoms with van der Waals surface area (Å²) in [4.78, 5) is 16.9. The van der Waals surface area contributed by atoms with Crippen molar-refractivity contribution in [2.45, 2.75) is 4.90 Å². The van der Waals surface area contributed by atoms with Crippen molar-refractivity contribution in [3.8, 4) is 0 Å². The van der Waals surface area contributed by atoms with E-state index in [-0.39, 0.29) is 10.5 Å². The second-order valence-electron chi connectivity index (χ2n) is 4.70. The number of anilines is 1. The molecule has 1 N–H and O–H groups in total. The summed E-state index contributed by atoms with van der Waals surface area (Å²) in [6, 6.07) is 10.1. The molecule has 0 heterocycles. The molecule has 0 unspecified atom stereocenters.